The van der Waals surface area contributed by atoms with Crippen molar-refractivity contribution in [3.8, 4) is 22.3 Å². The molecule has 0 radical (unpaired) electrons. The first-order chi connectivity index (χ1) is 22.3. The summed E-state index contributed by atoms with van der Waals surface area (Å²) in [6, 6.07) is 35.4. The van der Waals surface area contributed by atoms with E-state index in [1.165, 1.54) is 75.2 Å². The molecule has 1 atom stereocenters. The van der Waals surface area contributed by atoms with Gasteiger partial charge in [0.1, 0.15) is 11.0 Å². The van der Waals surface area contributed by atoms with E-state index in [2.05, 4.69) is 126 Å². The third-order valence-corrected chi connectivity index (χ3v) is 11.4. The van der Waals surface area contributed by atoms with E-state index in [1.807, 2.05) is 11.3 Å². The van der Waals surface area contributed by atoms with Crippen LogP contribution in [0.5, 0.6) is 0 Å². The monoisotopic (exact) mass is 597 g/mol. The van der Waals surface area contributed by atoms with Crippen LogP contribution < -0.4 is 20.4 Å². The number of hydrogen-bond donors (Lipinski definition) is 0. The Kier molecular flexibility index (Phi) is 5.56. The van der Waals surface area contributed by atoms with Crippen LogP contribution in [0.2, 0.25) is 0 Å². The first kappa shape index (κ1) is 25.5. The maximum absolute atomic E-state index is 6.64. The van der Waals surface area contributed by atoms with Crippen molar-refractivity contribution in [3.05, 3.63) is 141 Å². The van der Waals surface area contributed by atoms with E-state index in [9.17, 15) is 0 Å². The molecule has 0 bridgehead atoms. The number of fused-ring (bicyclic) bond motifs is 8. The van der Waals surface area contributed by atoms with Gasteiger partial charge in [-0.15, -0.1) is 11.3 Å². The molecular weight excluding hydrogens is 567 g/mol. The molecule has 0 spiro atoms. The molecule has 1 unspecified atom stereocenters. The van der Waals surface area contributed by atoms with Crippen molar-refractivity contribution >= 4 is 55.8 Å². The molecule has 0 saturated carbocycles. The van der Waals surface area contributed by atoms with E-state index in [0.717, 1.165) is 43.1 Å². The van der Waals surface area contributed by atoms with Crippen LogP contribution in [-0.4, -0.2) is 10.9 Å². The molecule has 45 heavy (non-hydrogen) atoms. The molecule has 0 fully saturated rings. The van der Waals surface area contributed by atoms with Gasteiger partial charge in [0.25, 0.3) is 0 Å². The quantitative estimate of drug-likeness (QED) is 0.206. The normalized spacial score (nSPS) is 18.5. The average Bonchev–Trinajstić information content (AvgIpc) is 3.78. The first-order valence-corrected chi connectivity index (χ1v) is 17.0. The maximum atomic E-state index is 6.64. The summed E-state index contributed by atoms with van der Waals surface area (Å²) in [6.45, 7) is 0. The highest BCUT2D eigenvalue weighted by Gasteiger charge is 2.40. The van der Waals surface area contributed by atoms with E-state index in [0.29, 0.717) is 0 Å². The molecule has 0 amide bonds. The zero-order chi connectivity index (χ0) is 29.5. The van der Waals surface area contributed by atoms with Crippen molar-refractivity contribution in [2.45, 2.75) is 38.1 Å². The highest BCUT2D eigenvalue weighted by atomic mass is 32.1. The van der Waals surface area contributed by atoms with Crippen LogP contribution in [0.4, 0.5) is 0 Å². The minimum absolute atomic E-state index is 0.277. The van der Waals surface area contributed by atoms with Gasteiger partial charge in [-0.3, -0.25) is 0 Å². The molecule has 10 rings (SSSR count). The highest BCUT2D eigenvalue weighted by Crippen LogP contribution is 2.45. The standard InChI is InChI=1S/C42H31NOS/c1-2-11-26(12-3-1)27-13-8-14-28(25-27)29-17-9-18-32-33-19-10-21-37(42(33)45-41(29)32)43-35-20-6-4-16-34(35)39-36(43)24-23-31-30-15-5-7-22-38(30)44-40(31)39/h1-5,7-9,11-19,22-23,25,36H,6,10,20-21,24H2. The summed E-state index contributed by atoms with van der Waals surface area (Å²) in [5, 5.41) is 5.31. The largest absolute Gasteiger partial charge is 0.456 e. The fraction of sp³-hybridized carbons (Fsp3) is 0.143. The van der Waals surface area contributed by atoms with Crippen LogP contribution in [0.25, 0.3) is 66.7 Å². The van der Waals surface area contributed by atoms with E-state index >= 15 is 0 Å². The number of hydrogen-bond acceptors (Lipinski definition) is 3. The third kappa shape index (κ3) is 3.74. The van der Waals surface area contributed by atoms with Gasteiger partial charge >= 0.3 is 0 Å². The van der Waals surface area contributed by atoms with Gasteiger partial charge in [0.15, 0.2) is 0 Å². The number of benzene rings is 4. The van der Waals surface area contributed by atoms with Gasteiger partial charge in [-0.2, -0.15) is 0 Å². The number of allylic oxidation sites excluding steroid dienone is 3. The lowest BCUT2D eigenvalue weighted by Crippen LogP contribution is -2.41. The van der Waals surface area contributed by atoms with Crippen LogP contribution in [0, 0.1) is 0 Å². The van der Waals surface area contributed by atoms with Crippen molar-refractivity contribution in [2.75, 3.05) is 0 Å². The summed E-state index contributed by atoms with van der Waals surface area (Å²) >= 11 is 1.99. The number of nitrogens with zero attached hydrogens (tertiary/aromatic N) is 1. The lowest BCUT2D eigenvalue weighted by atomic mass is 9.92. The summed E-state index contributed by atoms with van der Waals surface area (Å²) in [5.74, 6) is 0. The Balaban J connectivity index is 1.19. The van der Waals surface area contributed by atoms with Gasteiger partial charge in [-0.05, 0) is 71.7 Å². The number of rotatable bonds is 3. The molecule has 0 N–H and O–H groups in total. The van der Waals surface area contributed by atoms with E-state index in [-0.39, 0.29) is 6.04 Å². The fourth-order valence-corrected chi connectivity index (χ4v) is 9.58. The van der Waals surface area contributed by atoms with Crippen LogP contribution in [-0.2, 0) is 0 Å². The Hall–Kier alpha value is -4.86. The van der Waals surface area contributed by atoms with Crippen LogP contribution >= 0.6 is 11.3 Å². The van der Waals surface area contributed by atoms with Gasteiger partial charge in [-0.25, -0.2) is 0 Å². The highest BCUT2D eigenvalue weighted by molar-refractivity contribution is 7.17. The van der Waals surface area contributed by atoms with E-state index in [4.69, 9.17) is 4.42 Å². The molecule has 0 saturated heterocycles. The summed E-state index contributed by atoms with van der Waals surface area (Å²) in [7, 11) is 0. The van der Waals surface area contributed by atoms with Crippen molar-refractivity contribution in [1.29, 1.82) is 0 Å². The number of furan rings is 1. The molecule has 3 heteroatoms. The Morgan fingerprint density at radius 2 is 1.49 bits per heavy atom. The lowest BCUT2D eigenvalue weighted by molar-refractivity contribution is 0.413. The van der Waals surface area contributed by atoms with E-state index in [1.54, 1.807) is 0 Å². The summed E-state index contributed by atoms with van der Waals surface area (Å²) < 4.78 is 9.47. The van der Waals surface area contributed by atoms with E-state index < -0.39 is 0 Å². The minimum atomic E-state index is 0.277. The van der Waals surface area contributed by atoms with Crippen molar-refractivity contribution in [1.82, 2.24) is 4.90 Å². The predicted octanol–water partition coefficient (Wildman–Crippen LogP) is 7.99. The molecule has 1 aliphatic heterocycles. The molecular formula is C42H31NOS. The molecule has 4 aliphatic rings. The Labute approximate surface area is 265 Å². The molecule has 3 heterocycles. The topological polar surface area (TPSA) is 16.4 Å². The second kappa shape index (κ2) is 9.82. The average molecular weight is 598 g/mol. The molecule has 3 aliphatic carbocycles. The Bertz CT molecular complexity index is 2520. The zero-order valence-corrected chi connectivity index (χ0v) is 25.7. The lowest BCUT2D eigenvalue weighted by Gasteiger charge is -2.33. The van der Waals surface area contributed by atoms with Crippen LogP contribution in [0.1, 0.15) is 32.1 Å². The number of para-hydroxylation sites is 1. The second-order valence-corrected chi connectivity index (χ2v) is 13.6. The Morgan fingerprint density at radius 3 is 2.44 bits per heavy atom. The molecule has 4 aromatic carbocycles. The summed E-state index contributed by atoms with van der Waals surface area (Å²) in [5.41, 5.74) is 12.9. The molecule has 2 nitrogen and oxygen atoms in total. The SMILES string of the molecule is C1=CC2=C(CC1)N(C1=c3sc4c(-c5cccc(-c6ccccc6)c5)cccc4c3=CCC1)C1CC=c3c(oc4ccccc34)=C21. The number of thiophene rings is 1. The van der Waals surface area contributed by atoms with Gasteiger partial charge < -0.3 is 9.32 Å². The van der Waals surface area contributed by atoms with Crippen LogP contribution in [0.15, 0.2) is 125 Å². The van der Waals surface area contributed by atoms with Crippen molar-refractivity contribution < 1.29 is 4.42 Å². The van der Waals surface area contributed by atoms with Gasteiger partial charge in [0.05, 0.1) is 10.6 Å². The van der Waals surface area contributed by atoms with Gasteiger partial charge in [-0.1, -0.05) is 109 Å². The van der Waals surface area contributed by atoms with Gasteiger partial charge in [0.2, 0.25) is 0 Å². The minimum Gasteiger partial charge on any atom is -0.456 e. The predicted molar refractivity (Wildman–Crippen MR) is 188 cm³/mol. The van der Waals surface area contributed by atoms with Crippen molar-refractivity contribution in [2.24, 2.45) is 0 Å². The molecule has 6 aromatic rings. The molecule has 216 valence electrons. The fourth-order valence-electron chi connectivity index (χ4n) is 8.17. The van der Waals surface area contributed by atoms with Crippen molar-refractivity contribution in [3.63, 3.8) is 0 Å². The zero-order valence-electron chi connectivity index (χ0n) is 24.9. The Morgan fingerprint density at radius 1 is 0.689 bits per heavy atom. The first-order valence-electron chi connectivity index (χ1n) is 16.2. The van der Waals surface area contributed by atoms with Gasteiger partial charge in [0, 0.05) is 43.2 Å². The molecule has 2 aromatic heterocycles. The summed E-state index contributed by atoms with van der Waals surface area (Å²) in [6.07, 6.45) is 15.0. The summed E-state index contributed by atoms with van der Waals surface area (Å²) in [4.78, 5) is 2.75. The second-order valence-electron chi connectivity index (χ2n) is 12.5. The smallest absolute Gasteiger partial charge is 0.141 e. The van der Waals surface area contributed by atoms with Crippen LogP contribution in [0.3, 0.4) is 0 Å². The maximum Gasteiger partial charge on any atom is 0.141 e. The third-order valence-electron chi connectivity index (χ3n) is 10.1.